The normalized spacial score (nSPS) is 18.3. The van der Waals surface area contributed by atoms with E-state index in [1.165, 1.54) is 16.9 Å². The van der Waals surface area contributed by atoms with Crippen LogP contribution in [0.3, 0.4) is 0 Å². The monoisotopic (exact) mass is 266 g/mol. The maximum absolute atomic E-state index is 12.3. The van der Waals surface area contributed by atoms with Crippen molar-refractivity contribution in [3.63, 3.8) is 0 Å². The maximum Gasteiger partial charge on any atom is 0.339 e. The summed E-state index contributed by atoms with van der Waals surface area (Å²) in [6, 6.07) is 0. The highest BCUT2D eigenvalue weighted by atomic mass is 32.1. The maximum atomic E-state index is 12.3. The van der Waals surface area contributed by atoms with Crippen molar-refractivity contribution < 1.29 is 9.53 Å². The lowest BCUT2D eigenvalue weighted by Crippen LogP contribution is -2.28. The summed E-state index contributed by atoms with van der Waals surface area (Å²) in [5.74, 6) is -0.171. The number of ether oxygens (including phenoxy) is 1. The molecular formula is C15H22O2S. The molecule has 0 fully saturated rings. The third-order valence-electron chi connectivity index (χ3n) is 3.37. The van der Waals surface area contributed by atoms with Crippen molar-refractivity contribution in [3.05, 3.63) is 21.4 Å². The Balaban J connectivity index is 2.36. The Morgan fingerprint density at radius 2 is 2.06 bits per heavy atom. The summed E-state index contributed by atoms with van der Waals surface area (Å²) < 4.78 is 5.51. The minimum absolute atomic E-state index is 0.0970. The molecule has 0 saturated heterocycles. The zero-order valence-electron chi connectivity index (χ0n) is 11.9. The SMILES string of the molecule is CC(C)(C)OC(=O)c1csc2c1C(C)(C)CCC2. The molecule has 2 rings (SSSR count). The van der Waals surface area contributed by atoms with Gasteiger partial charge in [0.15, 0.2) is 0 Å². The van der Waals surface area contributed by atoms with E-state index in [-0.39, 0.29) is 11.4 Å². The van der Waals surface area contributed by atoms with Gasteiger partial charge >= 0.3 is 5.97 Å². The van der Waals surface area contributed by atoms with E-state index in [4.69, 9.17) is 4.74 Å². The van der Waals surface area contributed by atoms with Crippen molar-refractivity contribution in [1.29, 1.82) is 0 Å². The van der Waals surface area contributed by atoms with E-state index in [2.05, 4.69) is 13.8 Å². The first-order valence-electron chi connectivity index (χ1n) is 6.55. The van der Waals surface area contributed by atoms with E-state index < -0.39 is 5.60 Å². The van der Waals surface area contributed by atoms with Crippen LogP contribution >= 0.6 is 11.3 Å². The summed E-state index contributed by atoms with van der Waals surface area (Å²) in [5.41, 5.74) is 1.69. The van der Waals surface area contributed by atoms with Gasteiger partial charge in [0.1, 0.15) is 5.60 Å². The van der Waals surface area contributed by atoms with Gasteiger partial charge < -0.3 is 4.74 Å². The Hall–Kier alpha value is -0.830. The first-order chi connectivity index (χ1) is 8.21. The Bertz CT molecular complexity index is 463. The van der Waals surface area contributed by atoms with E-state index in [0.717, 1.165) is 18.4 Å². The number of carbonyl (C=O) groups is 1. The molecule has 0 radical (unpaired) electrons. The molecule has 0 atom stereocenters. The molecule has 0 saturated carbocycles. The van der Waals surface area contributed by atoms with Gasteiger partial charge in [-0.1, -0.05) is 13.8 Å². The average Bonchev–Trinajstić information content (AvgIpc) is 2.59. The molecular weight excluding hydrogens is 244 g/mol. The van der Waals surface area contributed by atoms with Crippen molar-refractivity contribution in [2.75, 3.05) is 0 Å². The summed E-state index contributed by atoms with van der Waals surface area (Å²) in [6.45, 7) is 10.2. The van der Waals surface area contributed by atoms with Gasteiger partial charge in [0, 0.05) is 10.3 Å². The molecule has 1 aliphatic rings. The van der Waals surface area contributed by atoms with Gasteiger partial charge in [0.2, 0.25) is 0 Å². The van der Waals surface area contributed by atoms with Crippen LogP contribution in [0.15, 0.2) is 5.38 Å². The Kier molecular flexibility index (Phi) is 3.30. The van der Waals surface area contributed by atoms with E-state index in [1.54, 1.807) is 11.3 Å². The highest BCUT2D eigenvalue weighted by molar-refractivity contribution is 7.10. The highest BCUT2D eigenvalue weighted by Crippen LogP contribution is 2.42. The molecule has 0 aromatic carbocycles. The first kappa shape index (κ1) is 13.6. The average molecular weight is 266 g/mol. The number of fused-ring (bicyclic) bond motifs is 1. The first-order valence-corrected chi connectivity index (χ1v) is 7.43. The lowest BCUT2D eigenvalue weighted by atomic mass is 9.74. The van der Waals surface area contributed by atoms with Crippen LogP contribution in [0.1, 0.15) is 68.3 Å². The molecule has 100 valence electrons. The van der Waals surface area contributed by atoms with Crippen LogP contribution in [0.4, 0.5) is 0 Å². The van der Waals surface area contributed by atoms with E-state index >= 15 is 0 Å². The predicted octanol–water partition coefficient (Wildman–Crippen LogP) is 4.32. The number of hydrogen-bond donors (Lipinski definition) is 0. The molecule has 0 N–H and O–H groups in total. The number of hydrogen-bond acceptors (Lipinski definition) is 3. The molecule has 0 bridgehead atoms. The van der Waals surface area contributed by atoms with Crippen LogP contribution in [-0.2, 0) is 16.6 Å². The van der Waals surface area contributed by atoms with Gasteiger partial charge in [-0.25, -0.2) is 4.79 Å². The van der Waals surface area contributed by atoms with Crippen LogP contribution in [-0.4, -0.2) is 11.6 Å². The molecule has 2 nitrogen and oxygen atoms in total. The molecule has 18 heavy (non-hydrogen) atoms. The lowest BCUT2D eigenvalue weighted by Gasteiger charge is -2.31. The van der Waals surface area contributed by atoms with Gasteiger partial charge in [-0.15, -0.1) is 11.3 Å². The summed E-state index contributed by atoms with van der Waals surface area (Å²) in [4.78, 5) is 13.6. The summed E-state index contributed by atoms with van der Waals surface area (Å²) >= 11 is 1.71. The van der Waals surface area contributed by atoms with Crippen molar-refractivity contribution >= 4 is 17.3 Å². The van der Waals surface area contributed by atoms with Crippen LogP contribution in [0.2, 0.25) is 0 Å². The Morgan fingerprint density at radius 3 is 2.67 bits per heavy atom. The molecule has 1 aliphatic carbocycles. The molecule has 0 amide bonds. The molecule has 0 unspecified atom stereocenters. The summed E-state index contributed by atoms with van der Waals surface area (Å²) in [6.07, 6.45) is 3.47. The Morgan fingerprint density at radius 1 is 1.39 bits per heavy atom. The van der Waals surface area contributed by atoms with E-state index in [9.17, 15) is 4.79 Å². The van der Waals surface area contributed by atoms with Crippen LogP contribution in [0.25, 0.3) is 0 Å². The second kappa shape index (κ2) is 4.37. The second-order valence-corrected chi connectivity index (χ2v) is 7.65. The number of rotatable bonds is 1. The van der Waals surface area contributed by atoms with Gasteiger partial charge in [0.05, 0.1) is 5.56 Å². The van der Waals surface area contributed by atoms with Crippen molar-refractivity contribution in [3.8, 4) is 0 Å². The summed E-state index contributed by atoms with van der Waals surface area (Å²) in [5, 5.41) is 1.98. The topological polar surface area (TPSA) is 26.3 Å². The fraction of sp³-hybridized carbons (Fsp3) is 0.667. The second-order valence-electron chi connectivity index (χ2n) is 6.69. The van der Waals surface area contributed by atoms with E-state index in [0.29, 0.717) is 0 Å². The number of aryl methyl sites for hydroxylation is 1. The van der Waals surface area contributed by atoms with Gasteiger partial charge in [-0.2, -0.15) is 0 Å². The third kappa shape index (κ3) is 2.61. The quantitative estimate of drug-likeness (QED) is 0.708. The Labute approximate surface area is 113 Å². The van der Waals surface area contributed by atoms with Crippen LogP contribution in [0, 0.1) is 0 Å². The van der Waals surface area contributed by atoms with Gasteiger partial charge in [0.25, 0.3) is 0 Å². The molecule has 0 aliphatic heterocycles. The van der Waals surface area contributed by atoms with Gasteiger partial charge in [-0.05, 0) is 51.0 Å². The fourth-order valence-corrected chi connectivity index (χ4v) is 3.86. The number of thiophene rings is 1. The molecule has 1 aromatic rings. The number of carbonyl (C=O) groups excluding carboxylic acids is 1. The fourth-order valence-electron chi connectivity index (χ4n) is 2.62. The van der Waals surface area contributed by atoms with E-state index in [1.807, 2.05) is 26.2 Å². The lowest BCUT2D eigenvalue weighted by molar-refractivity contribution is 0.00670. The minimum Gasteiger partial charge on any atom is -0.456 e. The smallest absolute Gasteiger partial charge is 0.339 e. The van der Waals surface area contributed by atoms with Crippen molar-refractivity contribution in [2.24, 2.45) is 0 Å². The highest BCUT2D eigenvalue weighted by Gasteiger charge is 2.34. The summed E-state index contributed by atoms with van der Waals surface area (Å²) in [7, 11) is 0. The molecule has 0 spiro atoms. The molecule has 1 heterocycles. The predicted molar refractivity (Wildman–Crippen MR) is 75.5 cm³/mol. The van der Waals surface area contributed by atoms with Crippen LogP contribution in [0.5, 0.6) is 0 Å². The molecule has 3 heteroatoms. The third-order valence-corrected chi connectivity index (χ3v) is 4.41. The number of esters is 1. The standard InChI is InChI=1S/C15H22O2S/c1-14(2,3)17-13(16)10-9-18-11-7-6-8-15(4,5)12(10)11/h9H,6-8H2,1-5H3. The molecule has 1 aromatic heterocycles. The van der Waals surface area contributed by atoms with Crippen LogP contribution < -0.4 is 0 Å². The minimum atomic E-state index is -0.426. The van der Waals surface area contributed by atoms with Crippen molar-refractivity contribution in [1.82, 2.24) is 0 Å². The largest absolute Gasteiger partial charge is 0.456 e. The zero-order valence-corrected chi connectivity index (χ0v) is 12.7. The van der Waals surface area contributed by atoms with Gasteiger partial charge in [-0.3, -0.25) is 0 Å². The van der Waals surface area contributed by atoms with Crippen molar-refractivity contribution in [2.45, 2.75) is 64.9 Å². The zero-order chi connectivity index (χ0) is 13.6.